The van der Waals surface area contributed by atoms with E-state index in [0.717, 1.165) is 17.3 Å². The third-order valence-electron chi connectivity index (χ3n) is 2.65. The highest BCUT2D eigenvalue weighted by Crippen LogP contribution is 2.08. The zero-order chi connectivity index (χ0) is 10.7. The van der Waals surface area contributed by atoms with Gasteiger partial charge < -0.3 is 9.73 Å². The Hall–Kier alpha value is -0.830. The lowest BCUT2D eigenvalue weighted by Gasteiger charge is -2.15. The van der Waals surface area contributed by atoms with Crippen molar-refractivity contribution < 1.29 is 4.42 Å². The van der Waals surface area contributed by atoms with Crippen LogP contribution in [0.5, 0.6) is 0 Å². The molecule has 0 fully saturated rings. The maximum atomic E-state index is 5.47. The molecule has 0 spiro atoms. The highest BCUT2D eigenvalue weighted by atomic mass is 16.4. The molecule has 0 amide bonds. The number of hydrogen-bond acceptors (Lipinski definition) is 3. The van der Waals surface area contributed by atoms with Gasteiger partial charge in [0, 0.05) is 6.04 Å². The molecule has 1 atom stereocenters. The fraction of sp³-hybridized carbons (Fsp3) is 0.727. The lowest BCUT2D eigenvalue weighted by molar-refractivity contribution is 0.384. The Bertz CT molecular complexity index is 272. The molecule has 1 N–H and O–H groups in total. The van der Waals surface area contributed by atoms with Crippen molar-refractivity contribution in [2.45, 2.75) is 47.2 Å². The minimum absolute atomic E-state index is 0.488. The average Bonchev–Trinajstić information content (AvgIpc) is 2.42. The number of aryl methyl sites for hydroxylation is 2. The quantitative estimate of drug-likeness (QED) is 0.803. The fourth-order valence-electron chi connectivity index (χ4n) is 1.10. The summed E-state index contributed by atoms with van der Waals surface area (Å²) in [6.07, 6.45) is 0. The van der Waals surface area contributed by atoms with Crippen LogP contribution in [0, 0.1) is 19.8 Å². The van der Waals surface area contributed by atoms with Gasteiger partial charge in [0.1, 0.15) is 5.76 Å². The van der Waals surface area contributed by atoms with Gasteiger partial charge in [-0.05, 0) is 26.7 Å². The molecule has 0 saturated heterocycles. The van der Waals surface area contributed by atoms with Crippen LogP contribution in [0.1, 0.15) is 38.1 Å². The third-order valence-corrected chi connectivity index (χ3v) is 2.65. The van der Waals surface area contributed by atoms with Crippen molar-refractivity contribution in [3.8, 4) is 0 Å². The van der Waals surface area contributed by atoms with Crippen LogP contribution < -0.4 is 5.32 Å². The van der Waals surface area contributed by atoms with Gasteiger partial charge in [-0.15, -0.1) is 0 Å². The predicted octanol–water partition coefficient (Wildman–Crippen LogP) is 2.43. The van der Waals surface area contributed by atoms with Crippen molar-refractivity contribution in [1.82, 2.24) is 10.3 Å². The molecule has 0 aliphatic carbocycles. The summed E-state index contributed by atoms with van der Waals surface area (Å²) in [5.74, 6) is 2.33. The molecular formula is C11H20N2O. The van der Waals surface area contributed by atoms with Gasteiger partial charge in [0.25, 0.3) is 0 Å². The average molecular weight is 196 g/mol. The molecule has 1 aromatic heterocycles. The molecule has 3 heteroatoms. The molecule has 0 bridgehead atoms. The lowest BCUT2D eigenvalue weighted by Crippen LogP contribution is -2.30. The summed E-state index contributed by atoms with van der Waals surface area (Å²) in [7, 11) is 0. The lowest BCUT2D eigenvalue weighted by atomic mass is 10.1. The van der Waals surface area contributed by atoms with Crippen LogP contribution >= 0.6 is 0 Å². The van der Waals surface area contributed by atoms with E-state index in [-0.39, 0.29) is 0 Å². The van der Waals surface area contributed by atoms with Gasteiger partial charge in [-0.1, -0.05) is 13.8 Å². The maximum absolute atomic E-state index is 5.47. The Morgan fingerprint density at radius 3 is 2.36 bits per heavy atom. The van der Waals surface area contributed by atoms with Crippen LogP contribution in [0.25, 0.3) is 0 Å². The van der Waals surface area contributed by atoms with Gasteiger partial charge in [-0.2, -0.15) is 0 Å². The Balaban J connectivity index is 2.46. The van der Waals surface area contributed by atoms with E-state index in [9.17, 15) is 0 Å². The largest absolute Gasteiger partial charge is 0.444 e. The van der Waals surface area contributed by atoms with Crippen LogP contribution in [0.3, 0.4) is 0 Å². The summed E-state index contributed by atoms with van der Waals surface area (Å²) < 4.78 is 5.47. The molecule has 0 aromatic carbocycles. The van der Waals surface area contributed by atoms with E-state index in [1.54, 1.807) is 0 Å². The first-order chi connectivity index (χ1) is 6.50. The zero-order valence-corrected chi connectivity index (χ0v) is 9.72. The van der Waals surface area contributed by atoms with Crippen LogP contribution in [-0.2, 0) is 6.54 Å². The number of nitrogens with zero attached hydrogens (tertiary/aromatic N) is 1. The Morgan fingerprint density at radius 2 is 1.93 bits per heavy atom. The van der Waals surface area contributed by atoms with Crippen molar-refractivity contribution in [2.24, 2.45) is 5.92 Å². The monoisotopic (exact) mass is 196 g/mol. The summed E-state index contributed by atoms with van der Waals surface area (Å²) in [5, 5.41) is 3.38. The summed E-state index contributed by atoms with van der Waals surface area (Å²) >= 11 is 0. The van der Waals surface area contributed by atoms with Crippen LogP contribution in [0.15, 0.2) is 4.42 Å². The molecule has 0 radical (unpaired) electrons. The van der Waals surface area contributed by atoms with E-state index >= 15 is 0 Å². The second-order valence-electron chi connectivity index (χ2n) is 4.16. The van der Waals surface area contributed by atoms with Gasteiger partial charge in [0.05, 0.1) is 12.2 Å². The van der Waals surface area contributed by atoms with Gasteiger partial charge in [-0.25, -0.2) is 4.98 Å². The summed E-state index contributed by atoms with van der Waals surface area (Å²) in [4.78, 5) is 4.31. The minimum Gasteiger partial charge on any atom is -0.444 e. The molecule has 1 unspecified atom stereocenters. The molecule has 1 aromatic rings. The molecule has 1 heterocycles. The number of rotatable bonds is 4. The van der Waals surface area contributed by atoms with Crippen LogP contribution in [-0.4, -0.2) is 11.0 Å². The normalized spacial score (nSPS) is 13.6. The van der Waals surface area contributed by atoms with Crippen molar-refractivity contribution in [2.75, 3.05) is 0 Å². The van der Waals surface area contributed by atoms with Crippen LogP contribution in [0.2, 0.25) is 0 Å². The highest BCUT2D eigenvalue weighted by Gasteiger charge is 2.09. The van der Waals surface area contributed by atoms with Gasteiger partial charge in [0.2, 0.25) is 5.89 Å². The number of hydrogen-bond donors (Lipinski definition) is 1. The number of nitrogens with one attached hydrogen (secondary N) is 1. The van der Waals surface area contributed by atoms with Crippen molar-refractivity contribution in [3.05, 3.63) is 17.3 Å². The van der Waals surface area contributed by atoms with Crippen molar-refractivity contribution in [1.29, 1.82) is 0 Å². The Kier molecular flexibility index (Phi) is 3.69. The number of oxazole rings is 1. The first-order valence-electron chi connectivity index (χ1n) is 5.17. The molecule has 0 saturated carbocycles. The van der Waals surface area contributed by atoms with Gasteiger partial charge in [0.15, 0.2) is 0 Å². The van der Waals surface area contributed by atoms with E-state index in [1.807, 2.05) is 13.8 Å². The van der Waals surface area contributed by atoms with E-state index in [1.165, 1.54) is 0 Å². The van der Waals surface area contributed by atoms with E-state index in [4.69, 9.17) is 4.42 Å². The summed E-state index contributed by atoms with van der Waals surface area (Å²) in [6.45, 7) is 11.2. The van der Waals surface area contributed by atoms with Crippen LogP contribution in [0.4, 0.5) is 0 Å². The topological polar surface area (TPSA) is 38.1 Å². The maximum Gasteiger partial charge on any atom is 0.208 e. The first kappa shape index (κ1) is 11.2. The van der Waals surface area contributed by atoms with E-state index < -0.39 is 0 Å². The molecule has 0 aliphatic heterocycles. The minimum atomic E-state index is 0.488. The molecule has 3 nitrogen and oxygen atoms in total. The Morgan fingerprint density at radius 1 is 1.29 bits per heavy atom. The summed E-state index contributed by atoms with van der Waals surface area (Å²) in [6, 6.07) is 0.488. The van der Waals surface area contributed by atoms with Crippen molar-refractivity contribution in [3.63, 3.8) is 0 Å². The molecule has 0 aliphatic rings. The fourth-order valence-corrected chi connectivity index (χ4v) is 1.10. The second kappa shape index (κ2) is 4.60. The second-order valence-corrected chi connectivity index (χ2v) is 4.16. The van der Waals surface area contributed by atoms with E-state index in [2.05, 4.69) is 31.1 Å². The summed E-state index contributed by atoms with van der Waals surface area (Å²) in [5.41, 5.74) is 0.985. The number of aromatic nitrogens is 1. The van der Waals surface area contributed by atoms with E-state index in [0.29, 0.717) is 18.5 Å². The highest BCUT2D eigenvalue weighted by molar-refractivity contribution is 5.05. The molecule has 1 rings (SSSR count). The van der Waals surface area contributed by atoms with Crippen molar-refractivity contribution >= 4 is 0 Å². The predicted molar refractivity (Wildman–Crippen MR) is 57.1 cm³/mol. The standard InChI is InChI=1S/C11H20N2O/c1-7(2)8(3)12-6-11-13-9(4)10(5)14-11/h7-8,12H,6H2,1-5H3. The Labute approximate surface area is 85.9 Å². The third kappa shape index (κ3) is 2.84. The SMILES string of the molecule is Cc1nc(CNC(C)C(C)C)oc1C. The molecule has 80 valence electrons. The van der Waals surface area contributed by atoms with Gasteiger partial charge in [-0.3, -0.25) is 0 Å². The molecule has 14 heavy (non-hydrogen) atoms. The first-order valence-corrected chi connectivity index (χ1v) is 5.17. The van der Waals surface area contributed by atoms with Gasteiger partial charge >= 0.3 is 0 Å². The zero-order valence-electron chi connectivity index (χ0n) is 9.72. The smallest absolute Gasteiger partial charge is 0.208 e. The molecular weight excluding hydrogens is 176 g/mol.